The second kappa shape index (κ2) is 9.02. The van der Waals surface area contributed by atoms with E-state index in [2.05, 4.69) is 18.2 Å². The largest absolute Gasteiger partial charge is 0.460 e. The smallest absolute Gasteiger partial charge is 0.415 e. The number of ether oxygens (including phenoxy) is 2. The van der Waals surface area contributed by atoms with Crippen LogP contribution in [0.1, 0.15) is 78.1 Å². The van der Waals surface area contributed by atoms with Crippen molar-refractivity contribution in [3.63, 3.8) is 0 Å². The molecule has 0 heterocycles. The van der Waals surface area contributed by atoms with Gasteiger partial charge in [0.15, 0.2) is 0 Å². The SMILES string of the molecule is CC(C)C1CCC(C(=O)OC23CC4CC(CC(COC(=O)C(F)(F)SOO)(C4)C2)C3)CC1. The molecule has 4 bridgehead atoms. The average molecular weight is 477 g/mol. The number of carbonyl (C=O) groups is 2. The van der Waals surface area contributed by atoms with Crippen molar-refractivity contribution in [2.24, 2.45) is 35.0 Å². The van der Waals surface area contributed by atoms with Crippen molar-refractivity contribution in [3.05, 3.63) is 0 Å². The molecule has 0 saturated heterocycles. The molecule has 32 heavy (non-hydrogen) atoms. The van der Waals surface area contributed by atoms with Gasteiger partial charge in [0, 0.05) is 5.41 Å². The lowest BCUT2D eigenvalue weighted by atomic mass is 9.48. The molecule has 0 aromatic rings. The van der Waals surface area contributed by atoms with Gasteiger partial charge in [0.2, 0.25) is 0 Å². The van der Waals surface area contributed by atoms with Gasteiger partial charge in [-0.1, -0.05) is 13.8 Å². The van der Waals surface area contributed by atoms with Gasteiger partial charge < -0.3 is 9.47 Å². The first kappa shape index (κ1) is 24.2. The van der Waals surface area contributed by atoms with Crippen molar-refractivity contribution in [2.75, 3.05) is 6.61 Å². The van der Waals surface area contributed by atoms with Gasteiger partial charge in [-0.15, -0.1) is 0 Å². The van der Waals surface area contributed by atoms with Gasteiger partial charge in [0.05, 0.1) is 12.5 Å². The minimum Gasteiger partial charge on any atom is -0.460 e. The first-order valence-electron chi connectivity index (χ1n) is 11.8. The summed E-state index contributed by atoms with van der Waals surface area (Å²) in [7, 11) is 0. The Morgan fingerprint density at radius 3 is 2.28 bits per heavy atom. The number of hydrogen-bond acceptors (Lipinski definition) is 7. The third-order valence-electron chi connectivity index (χ3n) is 8.38. The molecule has 2 unspecified atom stereocenters. The standard InChI is InChI=1S/C23H34F2O6S/c1-14(2)17-3-5-18(6-4-17)19(26)30-22-10-15-7-16(11-22)9-21(8-15,12-22)13-29-20(27)23(24,25)32-31-28/h14-18,28H,3-13H2,1-2H3. The summed E-state index contributed by atoms with van der Waals surface area (Å²) in [6.07, 6.45) is 8.68. The Kier molecular flexibility index (Phi) is 6.82. The van der Waals surface area contributed by atoms with E-state index in [0.717, 1.165) is 57.8 Å². The quantitative estimate of drug-likeness (QED) is 0.211. The molecule has 6 nitrogen and oxygen atoms in total. The summed E-state index contributed by atoms with van der Waals surface area (Å²) in [5.41, 5.74) is -0.996. The lowest BCUT2D eigenvalue weighted by Gasteiger charge is -2.61. The van der Waals surface area contributed by atoms with Crippen molar-refractivity contribution in [1.29, 1.82) is 0 Å². The third kappa shape index (κ3) is 4.94. The zero-order valence-corrected chi connectivity index (χ0v) is 19.6. The summed E-state index contributed by atoms with van der Waals surface area (Å²) >= 11 is -0.638. The van der Waals surface area contributed by atoms with E-state index in [1.54, 1.807) is 0 Å². The highest BCUT2D eigenvalue weighted by atomic mass is 32.2. The van der Waals surface area contributed by atoms with Crippen molar-refractivity contribution in [2.45, 2.75) is 88.9 Å². The van der Waals surface area contributed by atoms with E-state index in [4.69, 9.17) is 14.7 Å². The summed E-state index contributed by atoms with van der Waals surface area (Å²) in [5, 5.41) is 4.27. The van der Waals surface area contributed by atoms with E-state index >= 15 is 0 Å². The molecule has 0 radical (unpaired) electrons. The highest BCUT2D eigenvalue weighted by Crippen LogP contribution is 2.63. The van der Waals surface area contributed by atoms with Gasteiger partial charge in [-0.25, -0.2) is 10.1 Å². The number of hydrogen-bond donors (Lipinski definition) is 1. The second-order valence-electron chi connectivity index (χ2n) is 11.2. The third-order valence-corrected chi connectivity index (χ3v) is 8.83. The summed E-state index contributed by atoms with van der Waals surface area (Å²) in [5.74, 6) is 0.132. The molecule has 9 heteroatoms. The normalized spacial score (nSPS) is 38.7. The summed E-state index contributed by atoms with van der Waals surface area (Å²) < 4.78 is 41.9. The lowest BCUT2D eigenvalue weighted by molar-refractivity contribution is -0.216. The van der Waals surface area contributed by atoms with E-state index in [9.17, 15) is 18.4 Å². The van der Waals surface area contributed by atoms with Crippen LogP contribution in [0.15, 0.2) is 0 Å². The molecule has 5 aliphatic rings. The molecule has 5 fully saturated rings. The molecular formula is C23H34F2O6S. The van der Waals surface area contributed by atoms with Crippen LogP contribution in [-0.2, 0) is 23.4 Å². The highest BCUT2D eigenvalue weighted by molar-refractivity contribution is 7.96. The minimum atomic E-state index is -3.98. The fourth-order valence-electron chi connectivity index (χ4n) is 7.35. The van der Waals surface area contributed by atoms with Gasteiger partial charge in [-0.05, 0) is 87.9 Å². The van der Waals surface area contributed by atoms with Crippen LogP contribution in [0.4, 0.5) is 8.78 Å². The Morgan fingerprint density at radius 2 is 1.72 bits per heavy atom. The molecule has 1 N–H and O–H groups in total. The molecule has 2 atom stereocenters. The first-order valence-corrected chi connectivity index (χ1v) is 12.6. The summed E-state index contributed by atoms with van der Waals surface area (Å²) in [6, 6.07) is 0. The van der Waals surface area contributed by atoms with E-state index in [1.165, 1.54) is 0 Å². The fourth-order valence-corrected chi connectivity index (χ4v) is 7.58. The van der Waals surface area contributed by atoms with Crippen molar-refractivity contribution in [3.8, 4) is 0 Å². The molecule has 182 valence electrons. The minimum absolute atomic E-state index is 0.0546. The Balaban J connectivity index is 1.39. The Bertz CT molecular complexity index is 707. The molecular weight excluding hydrogens is 442 g/mol. The average Bonchev–Trinajstić information content (AvgIpc) is 2.70. The number of halogens is 2. The summed E-state index contributed by atoms with van der Waals surface area (Å²) in [4.78, 5) is 24.9. The summed E-state index contributed by atoms with van der Waals surface area (Å²) in [6.45, 7) is 4.34. The molecule has 0 aliphatic heterocycles. The molecule has 0 aromatic heterocycles. The maximum Gasteiger partial charge on any atom is 0.415 e. The van der Waals surface area contributed by atoms with Crippen LogP contribution in [-0.4, -0.2) is 34.7 Å². The monoisotopic (exact) mass is 476 g/mol. The van der Waals surface area contributed by atoms with Gasteiger partial charge >= 0.3 is 17.2 Å². The van der Waals surface area contributed by atoms with Gasteiger partial charge in [-0.3, -0.25) is 4.79 Å². The van der Waals surface area contributed by atoms with E-state index in [-0.39, 0.29) is 18.5 Å². The van der Waals surface area contributed by atoms with E-state index in [0.29, 0.717) is 30.1 Å². The lowest BCUT2D eigenvalue weighted by Crippen LogP contribution is -2.59. The molecule has 0 amide bonds. The molecule has 0 spiro atoms. The zero-order valence-electron chi connectivity index (χ0n) is 18.8. The van der Waals surface area contributed by atoms with E-state index in [1.807, 2.05) is 0 Å². The molecule has 5 saturated carbocycles. The second-order valence-corrected chi connectivity index (χ2v) is 12.0. The fraction of sp³-hybridized carbons (Fsp3) is 0.913. The van der Waals surface area contributed by atoms with Crippen molar-refractivity contribution >= 4 is 24.0 Å². The van der Waals surface area contributed by atoms with Crippen molar-refractivity contribution in [1.82, 2.24) is 0 Å². The van der Waals surface area contributed by atoms with Gasteiger partial charge in [-0.2, -0.15) is 13.1 Å². The Labute approximate surface area is 192 Å². The van der Waals surface area contributed by atoms with Crippen LogP contribution in [0.2, 0.25) is 0 Å². The molecule has 0 aromatic carbocycles. The van der Waals surface area contributed by atoms with Gasteiger partial charge in [0.1, 0.15) is 17.6 Å². The van der Waals surface area contributed by atoms with Crippen LogP contribution in [0.3, 0.4) is 0 Å². The first-order chi connectivity index (χ1) is 15.1. The number of alkyl halides is 2. The molecule has 5 rings (SSSR count). The topological polar surface area (TPSA) is 82.1 Å². The maximum absolute atomic E-state index is 13.6. The highest BCUT2D eigenvalue weighted by Gasteiger charge is 2.60. The predicted molar refractivity (Wildman–Crippen MR) is 113 cm³/mol. The van der Waals surface area contributed by atoms with Crippen LogP contribution in [0.25, 0.3) is 0 Å². The number of carbonyl (C=O) groups excluding carboxylic acids is 2. The zero-order chi connectivity index (χ0) is 23.1. The van der Waals surface area contributed by atoms with Gasteiger partial charge in [0.25, 0.3) is 0 Å². The predicted octanol–water partition coefficient (Wildman–Crippen LogP) is 5.60. The van der Waals surface area contributed by atoms with Crippen LogP contribution >= 0.6 is 12.0 Å². The van der Waals surface area contributed by atoms with Crippen LogP contribution in [0.5, 0.6) is 0 Å². The Morgan fingerprint density at radius 1 is 1.09 bits per heavy atom. The van der Waals surface area contributed by atoms with Crippen LogP contribution < -0.4 is 0 Å². The number of esters is 2. The van der Waals surface area contributed by atoms with Crippen LogP contribution in [0, 0.1) is 35.0 Å². The number of rotatable bonds is 8. The molecule has 5 aliphatic carbocycles. The van der Waals surface area contributed by atoms with Crippen molar-refractivity contribution < 1.29 is 37.4 Å². The maximum atomic E-state index is 13.6. The Hall–Kier alpha value is -0.930. The van der Waals surface area contributed by atoms with E-state index < -0.39 is 34.3 Å².